The third-order valence-electron chi connectivity index (χ3n) is 2.81. The summed E-state index contributed by atoms with van der Waals surface area (Å²) in [5.41, 5.74) is 6.22. The van der Waals surface area contributed by atoms with Gasteiger partial charge >= 0.3 is 0 Å². The summed E-state index contributed by atoms with van der Waals surface area (Å²) in [7, 11) is 0. The zero-order valence-electron chi connectivity index (χ0n) is 9.84. The van der Waals surface area contributed by atoms with E-state index in [0.717, 1.165) is 18.2 Å². The number of halogens is 4. The molecule has 0 heterocycles. The molecule has 0 saturated heterocycles. The average molecular weight is 330 g/mol. The normalized spacial score (nSPS) is 12.5. The molecule has 5 heteroatoms. The van der Waals surface area contributed by atoms with Crippen LogP contribution in [0.4, 0.5) is 13.2 Å². The molecule has 19 heavy (non-hydrogen) atoms. The minimum atomic E-state index is -0.806. The summed E-state index contributed by atoms with van der Waals surface area (Å²) in [6.07, 6.45) is 0.0889. The molecule has 0 aliphatic rings. The van der Waals surface area contributed by atoms with E-state index >= 15 is 0 Å². The van der Waals surface area contributed by atoms with Crippen LogP contribution in [0.25, 0.3) is 0 Å². The molecule has 100 valence electrons. The van der Waals surface area contributed by atoms with Gasteiger partial charge in [0.2, 0.25) is 0 Å². The van der Waals surface area contributed by atoms with Crippen molar-refractivity contribution in [2.75, 3.05) is 0 Å². The van der Waals surface area contributed by atoms with Crippen LogP contribution in [-0.4, -0.2) is 0 Å². The van der Waals surface area contributed by atoms with Gasteiger partial charge < -0.3 is 5.73 Å². The van der Waals surface area contributed by atoms with E-state index in [1.807, 2.05) is 0 Å². The molecule has 0 amide bonds. The lowest BCUT2D eigenvalue weighted by molar-refractivity contribution is 0.550. The Morgan fingerprint density at radius 2 is 1.68 bits per heavy atom. The third-order valence-corrected chi connectivity index (χ3v) is 3.30. The first-order chi connectivity index (χ1) is 8.97. The maximum absolute atomic E-state index is 13.6. The van der Waals surface area contributed by atoms with Crippen molar-refractivity contribution in [3.63, 3.8) is 0 Å². The molecule has 0 spiro atoms. The first kappa shape index (κ1) is 14.1. The van der Waals surface area contributed by atoms with Crippen LogP contribution in [0, 0.1) is 17.5 Å². The van der Waals surface area contributed by atoms with Crippen molar-refractivity contribution in [2.24, 2.45) is 5.73 Å². The highest BCUT2D eigenvalue weighted by Gasteiger charge is 2.15. The summed E-state index contributed by atoms with van der Waals surface area (Å²) in [4.78, 5) is 0. The summed E-state index contributed by atoms with van der Waals surface area (Å²) < 4.78 is 40.9. The van der Waals surface area contributed by atoms with Crippen LogP contribution in [0.15, 0.2) is 40.9 Å². The predicted molar refractivity (Wildman–Crippen MR) is 71.1 cm³/mol. The second-order valence-electron chi connectivity index (χ2n) is 4.21. The molecule has 1 unspecified atom stereocenters. The van der Waals surface area contributed by atoms with Gasteiger partial charge in [0.05, 0.1) is 0 Å². The molecule has 2 rings (SSSR count). The number of nitrogens with two attached hydrogens (primary N) is 1. The van der Waals surface area contributed by atoms with Gasteiger partial charge in [0, 0.05) is 16.1 Å². The first-order valence-corrected chi connectivity index (χ1v) is 6.41. The zero-order chi connectivity index (χ0) is 14.0. The van der Waals surface area contributed by atoms with Gasteiger partial charge in [-0.25, -0.2) is 13.2 Å². The topological polar surface area (TPSA) is 26.0 Å². The van der Waals surface area contributed by atoms with Crippen molar-refractivity contribution in [3.8, 4) is 0 Å². The van der Waals surface area contributed by atoms with Gasteiger partial charge in [-0.05, 0) is 48.4 Å². The first-order valence-electron chi connectivity index (χ1n) is 5.62. The van der Waals surface area contributed by atoms with Crippen molar-refractivity contribution in [1.82, 2.24) is 0 Å². The molecule has 0 aliphatic carbocycles. The van der Waals surface area contributed by atoms with Crippen molar-refractivity contribution >= 4 is 15.9 Å². The van der Waals surface area contributed by atoms with Crippen molar-refractivity contribution in [1.29, 1.82) is 0 Å². The van der Waals surface area contributed by atoms with Gasteiger partial charge in [0.25, 0.3) is 0 Å². The molecule has 2 aromatic rings. The molecule has 0 aromatic heterocycles. The van der Waals surface area contributed by atoms with E-state index < -0.39 is 23.5 Å². The second kappa shape index (κ2) is 5.75. The van der Waals surface area contributed by atoms with Crippen molar-refractivity contribution in [3.05, 3.63) is 69.4 Å². The maximum Gasteiger partial charge on any atom is 0.128 e. The summed E-state index contributed by atoms with van der Waals surface area (Å²) in [6, 6.07) is 6.70. The van der Waals surface area contributed by atoms with Crippen molar-refractivity contribution in [2.45, 2.75) is 12.5 Å². The number of hydrogen-bond acceptors (Lipinski definition) is 1. The highest BCUT2D eigenvalue weighted by Crippen LogP contribution is 2.23. The van der Waals surface area contributed by atoms with Gasteiger partial charge in [-0.1, -0.05) is 15.9 Å². The van der Waals surface area contributed by atoms with E-state index in [9.17, 15) is 13.2 Å². The average Bonchev–Trinajstić information content (AvgIpc) is 2.36. The Balaban J connectivity index is 2.27. The Morgan fingerprint density at radius 3 is 2.42 bits per heavy atom. The fraction of sp³-hybridized carbons (Fsp3) is 0.143. The molecular weight excluding hydrogens is 319 g/mol. The summed E-state index contributed by atoms with van der Waals surface area (Å²) in [5, 5.41) is 0. The molecule has 0 saturated carbocycles. The van der Waals surface area contributed by atoms with E-state index in [0.29, 0.717) is 10.0 Å². The summed E-state index contributed by atoms with van der Waals surface area (Å²) >= 11 is 3.23. The lowest BCUT2D eigenvalue weighted by Gasteiger charge is -2.14. The van der Waals surface area contributed by atoms with E-state index in [1.54, 1.807) is 12.1 Å². The van der Waals surface area contributed by atoms with Crippen LogP contribution >= 0.6 is 15.9 Å². The zero-order valence-corrected chi connectivity index (χ0v) is 11.4. The van der Waals surface area contributed by atoms with Crippen LogP contribution in [0.1, 0.15) is 17.2 Å². The molecule has 0 bridgehead atoms. The van der Waals surface area contributed by atoms with Gasteiger partial charge in [0.15, 0.2) is 0 Å². The second-order valence-corrected chi connectivity index (χ2v) is 5.13. The summed E-state index contributed by atoms with van der Waals surface area (Å²) in [6.45, 7) is 0. The van der Waals surface area contributed by atoms with Crippen LogP contribution in [0.3, 0.4) is 0 Å². The monoisotopic (exact) mass is 329 g/mol. The van der Waals surface area contributed by atoms with Crippen LogP contribution < -0.4 is 5.73 Å². The molecule has 1 nitrogen and oxygen atoms in total. The fourth-order valence-corrected chi connectivity index (χ4v) is 2.25. The molecule has 1 atom stereocenters. The maximum atomic E-state index is 13.6. The van der Waals surface area contributed by atoms with Gasteiger partial charge in [0.1, 0.15) is 17.5 Å². The molecule has 2 N–H and O–H groups in total. The smallest absolute Gasteiger partial charge is 0.128 e. The van der Waals surface area contributed by atoms with E-state index in [4.69, 9.17) is 5.73 Å². The van der Waals surface area contributed by atoms with Crippen LogP contribution in [0.2, 0.25) is 0 Å². The van der Waals surface area contributed by atoms with Crippen LogP contribution in [-0.2, 0) is 6.42 Å². The van der Waals surface area contributed by atoms with E-state index in [2.05, 4.69) is 15.9 Å². The minimum absolute atomic E-state index is 0.0411. The lowest BCUT2D eigenvalue weighted by Crippen LogP contribution is -2.16. The highest BCUT2D eigenvalue weighted by atomic mass is 79.9. The quantitative estimate of drug-likeness (QED) is 0.901. The number of benzene rings is 2. The Morgan fingerprint density at radius 1 is 1.00 bits per heavy atom. The Kier molecular flexibility index (Phi) is 4.27. The number of hydrogen-bond donors (Lipinski definition) is 1. The molecule has 2 aromatic carbocycles. The largest absolute Gasteiger partial charge is 0.324 e. The van der Waals surface area contributed by atoms with Crippen molar-refractivity contribution < 1.29 is 13.2 Å². The Hall–Kier alpha value is -1.33. The summed E-state index contributed by atoms with van der Waals surface area (Å²) in [5.74, 6) is -1.58. The predicted octanol–water partition coefficient (Wildman–Crippen LogP) is 4.11. The minimum Gasteiger partial charge on any atom is -0.324 e. The third kappa shape index (κ3) is 3.36. The SMILES string of the molecule is NC(Cc1cc(Br)ccc1F)c1cc(F)ccc1F. The lowest BCUT2D eigenvalue weighted by atomic mass is 9.99. The number of rotatable bonds is 3. The molecule has 0 aliphatic heterocycles. The van der Waals surface area contributed by atoms with E-state index in [-0.39, 0.29) is 12.0 Å². The van der Waals surface area contributed by atoms with Gasteiger partial charge in [-0.2, -0.15) is 0 Å². The van der Waals surface area contributed by atoms with Gasteiger partial charge in [-0.3, -0.25) is 0 Å². The van der Waals surface area contributed by atoms with Crippen LogP contribution in [0.5, 0.6) is 0 Å². The van der Waals surface area contributed by atoms with E-state index in [1.165, 1.54) is 6.07 Å². The van der Waals surface area contributed by atoms with Gasteiger partial charge in [-0.15, -0.1) is 0 Å². The fourth-order valence-electron chi connectivity index (χ4n) is 1.85. The molecular formula is C14H11BrF3N. The Bertz CT molecular complexity index is 601. The standard InChI is InChI=1S/C14H11BrF3N/c15-9-1-3-12(17)8(5-9)6-14(19)11-7-10(16)2-4-13(11)18/h1-5,7,14H,6,19H2. The molecule has 0 radical (unpaired) electrons. The molecule has 0 fully saturated rings. The highest BCUT2D eigenvalue weighted by molar-refractivity contribution is 9.10. The Labute approximate surface area is 117 Å².